The molecular formula is C13H18F3N2O3S+. The molecule has 1 aromatic carbocycles. The van der Waals surface area contributed by atoms with Gasteiger partial charge in [0.15, 0.2) is 17.5 Å². The summed E-state index contributed by atoms with van der Waals surface area (Å²) in [6, 6.07) is 1.30. The molecule has 1 heterocycles. The summed E-state index contributed by atoms with van der Waals surface area (Å²) in [5.41, 5.74) is 0. The molecule has 9 heteroatoms. The van der Waals surface area contributed by atoms with Gasteiger partial charge in [-0.3, -0.25) is 0 Å². The normalized spacial score (nSPS) is 16.9. The zero-order valence-electron chi connectivity index (χ0n) is 11.9. The molecule has 0 spiro atoms. The molecule has 1 aliphatic rings. The van der Waals surface area contributed by atoms with Crippen molar-refractivity contribution >= 4 is 10.0 Å². The van der Waals surface area contributed by atoms with Crippen LogP contribution in [0.25, 0.3) is 0 Å². The van der Waals surface area contributed by atoms with E-state index in [0.29, 0.717) is 31.8 Å². The molecule has 1 saturated heterocycles. The number of morpholine rings is 1. The van der Waals surface area contributed by atoms with Gasteiger partial charge in [-0.2, -0.15) is 0 Å². The smallest absolute Gasteiger partial charge is 0.243 e. The Morgan fingerprint density at radius 3 is 2.50 bits per heavy atom. The highest BCUT2D eigenvalue weighted by Crippen LogP contribution is 2.19. The predicted molar refractivity (Wildman–Crippen MR) is 72.5 cm³/mol. The lowest BCUT2D eigenvalue weighted by molar-refractivity contribution is -0.908. The molecule has 1 fully saturated rings. The molecule has 0 unspecified atom stereocenters. The van der Waals surface area contributed by atoms with Crippen LogP contribution < -0.4 is 9.62 Å². The van der Waals surface area contributed by atoms with E-state index < -0.39 is 32.4 Å². The van der Waals surface area contributed by atoms with Gasteiger partial charge < -0.3 is 9.64 Å². The topological polar surface area (TPSA) is 59.8 Å². The van der Waals surface area contributed by atoms with Crippen molar-refractivity contribution in [1.29, 1.82) is 0 Å². The van der Waals surface area contributed by atoms with Crippen LogP contribution in [0, 0.1) is 17.5 Å². The number of hydrogen-bond acceptors (Lipinski definition) is 3. The van der Waals surface area contributed by atoms with Gasteiger partial charge in [-0.05, 0) is 12.1 Å². The first-order chi connectivity index (χ1) is 10.4. The van der Waals surface area contributed by atoms with Gasteiger partial charge in [-0.15, -0.1) is 0 Å². The Morgan fingerprint density at radius 2 is 1.82 bits per heavy atom. The number of quaternary nitrogens is 1. The largest absolute Gasteiger partial charge is 0.370 e. The summed E-state index contributed by atoms with van der Waals surface area (Å²) in [7, 11) is -4.20. The van der Waals surface area contributed by atoms with E-state index in [1.807, 2.05) is 0 Å². The summed E-state index contributed by atoms with van der Waals surface area (Å²) in [5, 5.41) is 0. The molecule has 1 aromatic rings. The standard InChI is InChI=1S/C13H17F3N2O3S/c14-10-2-3-11(13(16)12(10)15)22(19,20)17-4-1-5-18-6-8-21-9-7-18/h2-3,17H,1,4-9H2/p+1. The van der Waals surface area contributed by atoms with Gasteiger partial charge in [0.1, 0.15) is 18.0 Å². The Balaban J connectivity index is 1.90. The van der Waals surface area contributed by atoms with E-state index in [2.05, 4.69) is 4.72 Å². The van der Waals surface area contributed by atoms with Gasteiger partial charge in [-0.1, -0.05) is 0 Å². The maximum absolute atomic E-state index is 13.5. The second kappa shape index (κ2) is 7.40. The molecule has 124 valence electrons. The lowest BCUT2D eigenvalue weighted by Gasteiger charge is -2.23. The van der Waals surface area contributed by atoms with Crippen molar-refractivity contribution in [2.75, 3.05) is 39.4 Å². The lowest BCUT2D eigenvalue weighted by atomic mass is 10.3. The fourth-order valence-electron chi connectivity index (χ4n) is 2.25. The number of halogens is 3. The van der Waals surface area contributed by atoms with Crippen LogP contribution in [0.15, 0.2) is 17.0 Å². The fraction of sp³-hybridized carbons (Fsp3) is 0.538. The van der Waals surface area contributed by atoms with Crippen molar-refractivity contribution in [3.05, 3.63) is 29.6 Å². The first-order valence-corrected chi connectivity index (χ1v) is 8.44. The highest BCUT2D eigenvalue weighted by molar-refractivity contribution is 7.89. The van der Waals surface area contributed by atoms with E-state index in [1.165, 1.54) is 4.90 Å². The van der Waals surface area contributed by atoms with Gasteiger partial charge in [0.05, 0.1) is 19.8 Å². The second-order valence-electron chi connectivity index (χ2n) is 5.04. The van der Waals surface area contributed by atoms with Crippen molar-refractivity contribution in [2.24, 2.45) is 0 Å². The van der Waals surface area contributed by atoms with Crippen LogP contribution in [-0.4, -0.2) is 47.8 Å². The third kappa shape index (κ3) is 4.19. The Kier molecular flexibility index (Phi) is 5.79. The summed E-state index contributed by atoms with van der Waals surface area (Å²) < 4.78 is 70.6. The van der Waals surface area contributed by atoms with E-state index in [9.17, 15) is 21.6 Å². The number of ether oxygens (including phenoxy) is 1. The molecular weight excluding hydrogens is 321 g/mol. The first-order valence-electron chi connectivity index (χ1n) is 6.96. The molecule has 0 amide bonds. The van der Waals surface area contributed by atoms with E-state index in [0.717, 1.165) is 19.6 Å². The lowest BCUT2D eigenvalue weighted by Crippen LogP contribution is -3.14. The van der Waals surface area contributed by atoms with Gasteiger partial charge in [-0.25, -0.2) is 26.3 Å². The monoisotopic (exact) mass is 339 g/mol. The van der Waals surface area contributed by atoms with Crippen LogP contribution in [0.4, 0.5) is 13.2 Å². The molecule has 0 aromatic heterocycles. The molecule has 2 rings (SSSR count). The van der Waals surface area contributed by atoms with Crippen LogP contribution >= 0.6 is 0 Å². The predicted octanol–water partition coefficient (Wildman–Crippen LogP) is -0.313. The van der Waals surface area contributed by atoms with Crippen molar-refractivity contribution in [1.82, 2.24) is 4.72 Å². The molecule has 0 aliphatic carbocycles. The summed E-state index contributed by atoms with van der Waals surface area (Å²) in [6.45, 7) is 3.95. The van der Waals surface area contributed by atoms with Crippen LogP contribution in [-0.2, 0) is 14.8 Å². The van der Waals surface area contributed by atoms with Crippen molar-refractivity contribution in [3.63, 3.8) is 0 Å². The first kappa shape index (κ1) is 17.2. The highest BCUT2D eigenvalue weighted by Gasteiger charge is 2.23. The number of nitrogens with one attached hydrogen (secondary N) is 2. The average molecular weight is 339 g/mol. The number of sulfonamides is 1. The van der Waals surface area contributed by atoms with Gasteiger partial charge in [0, 0.05) is 13.0 Å². The van der Waals surface area contributed by atoms with Crippen LogP contribution in [0.2, 0.25) is 0 Å². The maximum Gasteiger partial charge on any atom is 0.243 e. The third-order valence-electron chi connectivity index (χ3n) is 3.49. The molecule has 5 nitrogen and oxygen atoms in total. The van der Waals surface area contributed by atoms with Crippen molar-refractivity contribution in [3.8, 4) is 0 Å². The van der Waals surface area contributed by atoms with E-state index in [-0.39, 0.29) is 6.54 Å². The minimum Gasteiger partial charge on any atom is -0.370 e. The molecule has 22 heavy (non-hydrogen) atoms. The van der Waals surface area contributed by atoms with Gasteiger partial charge in [0.25, 0.3) is 0 Å². The zero-order valence-corrected chi connectivity index (χ0v) is 12.7. The number of hydrogen-bond donors (Lipinski definition) is 2. The number of rotatable bonds is 6. The summed E-state index contributed by atoms with van der Waals surface area (Å²) >= 11 is 0. The molecule has 0 radical (unpaired) electrons. The Morgan fingerprint density at radius 1 is 1.14 bits per heavy atom. The molecule has 0 bridgehead atoms. The third-order valence-corrected chi connectivity index (χ3v) is 4.97. The molecule has 2 N–H and O–H groups in total. The highest BCUT2D eigenvalue weighted by atomic mass is 32.2. The SMILES string of the molecule is O=S(=O)(NCCC[NH+]1CCOCC1)c1ccc(F)c(F)c1F. The summed E-state index contributed by atoms with van der Waals surface area (Å²) in [6.07, 6.45) is 0.555. The number of benzene rings is 1. The Bertz CT molecular complexity index is 619. The minimum atomic E-state index is -4.20. The maximum atomic E-state index is 13.5. The van der Waals surface area contributed by atoms with E-state index >= 15 is 0 Å². The van der Waals surface area contributed by atoms with Crippen molar-refractivity contribution in [2.45, 2.75) is 11.3 Å². The van der Waals surface area contributed by atoms with E-state index in [4.69, 9.17) is 4.74 Å². The Labute approximate surface area is 127 Å². The molecule has 0 atom stereocenters. The second-order valence-corrected chi connectivity index (χ2v) is 6.77. The van der Waals surface area contributed by atoms with Gasteiger partial charge in [0.2, 0.25) is 10.0 Å². The van der Waals surface area contributed by atoms with Crippen molar-refractivity contribution < 1.29 is 31.2 Å². The summed E-state index contributed by atoms with van der Waals surface area (Å²) in [5.74, 6) is -4.92. The zero-order chi connectivity index (χ0) is 16.2. The van der Waals surface area contributed by atoms with Crippen LogP contribution in [0.1, 0.15) is 6.42 Å². The summed E-state index contributed by atoms with van der Waals surface area (Å²) in [4.78, 5) is 0.426. The molecule has 0 saturated carbocycles. The average Bonchev–Trinajstić information content (AvgIpc) is 2.50. The van der Waals surface area contributed by atoms with Crippen LogP contribution in [0.5, 0.6) is 0 Å². The van der Waals surface area contributed by atoms with E-state index in [1.54, 1.807) is 0 Å². The molecule has 1 aliphatic heterocycles. The van der Waals surface area contributed by atoms with Crippen LogP contribution in [0.3, 0.4) is 0 Å². The van der Waals surface area contributed by atoms with Gasteiger partial charge >= 0.3 is 0 Å². The minimum absolute atomic E-state index is 0.102. The quantitative estimate of drug-likeness (QED) is 0.552. The fourth-order valence-corrected chi connectivity index (χ4v) is 3.39. The Hall–Kier alpha value is -1.16.